The third-order valence-corrected chi connectivity index (χ3v) is 7.39. The first-order valence-electron chi connectivity index (χ1n) is 10.1. The number of ketones is 2. The quantitative estimate of drug-likeness (QED) is 0.326. The van der Waals surface area contributed by atoms with E-state index in [9.17, 15) is 39.9 Å². The number of amides is 1. The van der Waals surface area contributed by atoms with Crippen LogP contribution in [0.1, 0.15) is 28.8 Å². The van der Waals surface area contributed by atoms with Crippen LogP contribution in [0.25, 0.3) is 0 Å². The predicted octanol–water partition coefficient (Wildman–Crippen LogP) is 0.306. The van der Waals surface area contributed by atoms with Gasteiger partial charge in [0.15, 0.2) is 11.4 Å². The number of benzene rings is 1. The molecule has 0 radical (unpaired) electrons. The molecule has 0 fully saturated rings. The Bertz CT molecular complexity index is 1190. The van der Waals surface area contributed by atoms with E-state index in [2.05, 4.69) is 0 Å². The number of Topliss-reactive ketones (excluding diaryl/α,β-unsaturated/α-hetero) is 2. The van der Waals surface area contributed by atoms with Crippen molar-refractivity contribution in [3.05, 3.63) is 50.9 Å². The van der Waals surface area contributed by atoms with E-state index in [0.29, 0.717) is 5.56 Å². The Morgan fingerprint density at radius 3 is 2.33 bits per heavy atom. The number of fused-ring (bicyclic) bond motifs is 3. The topological polar surface area (TPSA) is 182 Å². The zero-order chi connectivity index (χ0) is 24.7. The number of aliphatic hydroxyl groups excluding tert-OH is 3. The molecule has 0 unspecified atom stereocenters. The van der Waals surface area contributed by atoms with Crippen molar-refractivity contribution >= 4 is 29.1 Å². The molecule has 3 aliphatic carbocycles. The molecule has 1 aromatic rings. The number of hydrogen-bond donors (Lipinski definition) is 6. The van der Waals surface area contributed by atoms with Gasteiger partial charge in [0.1, 0.15) is 22.8 Å². The van der Waals surface area contributed by atoms with Crippen molar-refractivity contribution in [1.82, 2.24) is 4.90 Å². The number of rotatable bonds is 2. The van der Waals surface area contributed by atoms with Crippen LogP contribution in [-0.4, -0.2) is 79.7 Å². The first-order chi connectivity index (χ1) is 15.3. The lowest BCUT2D eigenvalue weighted by Gasteiger charge is -2.53. The van der Waals surface area contributed by atoms with Gasteiger partial charge >= 0.3 is 0 Å². The van der Waals surface area contributed by atoms with Crippen LogP contribution in [0.4, 0.5) is 0 Å². The summed E-state index contributed by atoms with van der Waals surface area (Å²) in [5.41, 5.74) is 1.06. The number of aromatic hydroxyl groups is 1. The Labute approximate surface area is 193 Å². The van der Waals surface area contributed by atoms with Gasteiger partial charge in [0, 0.05) is 11.5 Å². The summed E-state index contributed by atoms with van der Waals surface area (Å²) >= 11 is 5.96. The Morgan fingerprint density at radius 2 is 1.79 bits per heavy atom. The van der Waals surface area contributed by atoms with Crippen molar-refractivity contribution in [3.63, 3.8) is 0 Å². The van der Waals surface area contributed by atoms with Gasteiger partial charge in [-0.25, -0.2) is 0 Å². The second kappa shape index (κ2) is 7.29. The molecule has 1 amide bonds. The predicted molar refractivity (Wildman–Crippen MR) is 115 cm³/mol. The van der Waals surface area contributed by atoms with Gasteiger partial charge in [-0.1, -0.05) is 24.6 Å². The molecule has 0 bridgehead atoms. The molecule has 10 nitrogen and oxygen atoms in total. The van der Waals surface area contributed by atoms with E-state index in [1.165, 1.54) is 31.1 Å². The Hall–Kier alpha value is -2.92. The number of nitrogens with two attached hydrogens (primary N) is 1. The monoisotopic (exact) mass is 478 g/mol. The summed E-state index contributed by atoms with van der Waals surface area (Å²) in [5, 5.41) is 55.2. The summed E-state index contributed by atoms with van der Waals surface area (Å²) in [4.78, 5) is 40.0. The third kappa shape index (κ3) is 2.75. The van der Waals surface area contributed by atoms with Crippen LogP contribution < -0.4 is 5.73 Å². The number of primary amides is 1. The number of halogens is 1. The third-order valence-electron chi connectivity index (χ3n) is 7.08. The minimum Gasteiger partial charge on any atom is -0.510 e. The molecule has 0 aromatic heterocycles. The average Bonchev–Trinajstić information content (AvgIpc) is 2.72. The van der Waals surface area contributed by atoms with Crippen LogP contribution in [0.15, 0.2) is 34.8 Å². The second-order valence-electron chi connectivity index (χ2n) is 8.91. The average molecular weight is 479 g/mol. The molecule has 0 aliphatic heterocycles. The molecule has 7 N–H and O–H groups in total. The maximum atomic E-state index is 13.4. The maximum absolute atomic E-state index is 13.4. The highest BCUT2D eigenvalue weighted by Gasteiger charge is 2.67. The van der Waals surface area contributed by atoms with E-state index in [-0.39, 0.29) is 10.6 Å². The van der Waals surface area contributed by atoms with Crippen LogP contribution in [0, 0.1) is 11.8 Å². The second-order valence-corrected chi connectivity index (χ2v) is 9.32. The van der Waals surface area contributed by atoms with Gasteiger partial charge in [-0.05, 0) is 31.6 Å². The Balaban J connectivity index is 2.07. The number of aliphatic hydroxyl groups is 4. The molecule has 0 heterocycles. The Kier molecular flexibility index (Phi) is 5.14. The Morgan fingerprint density at radius 1 is 1.18 bits per heavy atom. The molecule has 0 spiro atoms. The number of phenols is 1. The maximum Gasteiger partial charge on any atom is 0.255 e. The highest BCUT2D eigenvalue weighted by Crippen LogP contribution is 2.55. The van der Waals surface area contributed by atoms with Crippen molar-refractivity contribution in [1.29, 1.82) is 0 Å². The van der Waals surface area contributed by atoms with Crippen LogP contribution >= 0.6 is 11.6 Å². The zero-order valence-corrected chi connectivity index (χ0v) is 18.7. The summed E-state index contributed by atoms with van der Waals surface area (Å²) < 4.78 is 0. The van der Waals surface area contributed by atoms with E-state index in [0.717, 1.165) is 0 Å². The first-order valence-corrected chi connectivity index (χ1v) is 10.5. The van der Waals surface area contributed by atoms with E-state index < -0.39 is 81.4 Å². The van der Waals surface area contributed by atoms with Gasteiger partial charge in [-0.15, -0.1) is 0 Å². The van der Waals surface area contributed by atoms with Gasteiger partial charge in [-0.2, -0.15) is 0 Å². The normalized spacial score (nSPS) is 33.7. The number of phenolic OH excluding ortho intramolecular Hbond substituents is 1. The van der Waals surface area contributed by atoms with E-state index in [1.54, 1.807) is 6.92 Å². The van der Waals surface area contributed by atoms with Crippen LogP contribution in [-0.2, 0) is 9.59 Å². The lowest BCUT2D eigenvalue weighted by Crippen LogP contribution is -2.68. The fourth-order valence-corrected chi connectivity index (χ4v) is 5.75. The van der Waals surface area contributed by atoms with Crippen LogP contribution in [0.5, 0.6) is 5.75 Å². The van der Waals surface area contributed by atoms with E-state index >= 15 is 0 Å². The smallest absolute Gasteiger partial charge is 0.255 e. The van der Waals surface area contributed by atoms with Gasteiger partial charge in [0.25, 0.3) is 5.91 Å². The molecular formula is C22H23ClN2O8. The number of carbonyl (C=O) groups is 3. The summed E-state index contributed by atoms with van der Waals surface area (Å²) in [6.07, 6.45) is -1.63. The molecule has 176 valence electrons. The van der Waals surface area contributed by atoms with Crippen molar-refractivity contribution in [2.24, 2.45) is 17.6 Å². The molecule has 6 atom stereocenters. The summed E-state index contributed by atoms with van der Waals surface area (Å²) in [6, 6.07) is 1.61. The fourth-order valence-electron chi connectivity index (χ4n) is 5.60. The van der Waals surface area contributed by atoms with Crippen molar-refractivity contribution in [2.75, 3.05) is 14.1 Å². The number of likely N-dealkylation sites (N-methyl/N-ethyl adjacent to an activating group) is 1. The number of hydrogen-bond acceptors (Lipinski definition) is 9. The van der Waals surface area contributed by atoms with Crippen molar-refractivity contribution in [2.45, 2.75) is 30.6 Å². The largest absolute Gasteiger partial charge is 0.510 e. The van der Waals surface area contributed by atoms with Gasteiger partial charge < -0.3 is 31.3 Å². The van der Waals surface area contributed by atoms with E-state index in [4.69, 9.17) is 17.3 Å². The molecular weight excluding hydrogens is 456 g/mol. The van der Waals surface area contributed by atoms with Crippen LogP contribution in [0.3, 0.4) is 0 Å². The molecule has 1 aromatic carbocycles. The molecule has 11 heteroatoms. The highest BCUT2D eigenvalue weighted by atomic mass is 35.5. The SMILES string of the molecule is C[C@H]1c2ccc(Cl)c(O)c2C(=O)C2=C(O)[C@]3(O)C(=O)C(C(N)=O)=C(O)[C@@H](N(C)C)[C@@H]3[C@@H](O)[C@@H]21. The van der Waals surface area contributed by atoms with E-state index in [1.807, 2.05) is 0 Å². The number of nitrogens with zero attached hydrogens (tertiary/aromatic N) is 1. The molecule has 4 rings (SSSR count). The summed E-state index contributed by atoms with van der Waals surface area (Å²) in [5.74, 6) is -9.36. The zero-order valence-electron chi connectivity index (χ0n) is 17.9. The minimum atomic E-state index is -2.93. The minimum absolute atomic E-state index is 0.119. The van der Waals surface area contributed by atoms with Gasteiger partial charge in [0.05, 0.1) is 28.6 Å². The molecule has 3 aliphatic rings. The number of carbonyl (C=O) groups excluding carboxylic acids is 3. The highest BCUT2D eigenvalue weighted by molar-refractivity contribution is 6.33. The molecule has 0 saturated carbocycles. The summed E-state index contributed by atoms with van der Waals surface area (Å²) in [6.45, 7) is 1.64. The van der Waals surface area contributed by atoms with Crippen LogP contribution in [0.2, 0.25) is 5.02 Å². The van der Waals surface area contributed by atoms with Crippen molar-refractivity contribution < 1.29 is 39.9 Å². The van der Waals surface area contributed by atoms with Crippen molar-refractivity contribution in [3.8, 4) is 5.75 Å². The summed E-state index contributed by atoms with van der Waals surface area (Å²) in [7, 11) is 2.95. The molecule has 33 heavy (non-hydrogen) atoms. The lowest BCUT2D eigenvalue weighted by atomic mass is 9.55. The lowest BCUT2D eigenvalue weighted by molar-refractivity contribution is -0.162. The van der Waals surface area contributed by atoms with Gasteiger partial charge in [-0.3, -0.25) is 19.3 Å². The molecule has 0 saturated heterocycles. The fraction of sp³-hybridized carbons (Fsp3) is 0.409. The van der Waals surface area contributed by atoms with Gasteiger partial charge in [0.2, 0.25) is 5.78 Å². The first kappa shape index (κ1) is 23.2. The standard InChI is InChI=1S/C22H23ClN2O8/c1-6-7-4-5-8(23)15(26)10(7)16(27)11-9(6)17(28)13-14(25(2)3)18(29)12(21(24)32)20(31)22(13,33)19(11)30/h4-6,9,13-14,17,26,28-30,33H,1-3H3,(H2,24,32)/t6-,9+,13+,14-,17-,22-/m0/s1.